The highest BCUT2D eigenvalue weighted by Gasteiger charge is 2.61. The number of allylic oxidation sites excluding steroid dienone is 1. The third-order valence-electron chi connectivity index (χ3n) is 7.48. The number of fused-ring (bicyclic) bond motifs is 4. The highest BCUT2D eigenvalue weighted by atomic mass is 16.5. The van der Waals surface area contributed by atoms with Crippen LogP contribution in [0.5, 0.6) is 5.75 Å². The van der Waals surface area contributed by atoms with E-state index in [-0.39, 0.29) is 18.6 Å². The SMILES string of the molecule is C/C=C1/CN2[C@H]3Cc4c(n(C)c5cc(OC)ccc45)[C@@H]2CC1C3(C=O)CO. The molecular weight excluding hydrogens is 340 g/mol. The Morgan fingerprint density at radius 3 is 2.89 bits per heavy atom. The van der Waals surface area contributed by atoms with Crippen LogP contribution < -0.4 is 4.74 Å². The number of aryl methyl sites for hydroxylation is 1. The fourth-order valence-corrected chi connectivity index (χ4v) is 6.13. The molecule has 5 atom stereocenters. The summed E-state index contributed by atoms with van der Waals surface area (Å²) in [6.07, 6.45) is 4.90. The molecule has 0 aliphatic carbocycles. The normalized spacial score (nSPS) is 35.5. The van der Waals surface area contributed by atoms with E-state index in [1.54, 1.807) is 7.11 Å². The van der Waals surface area contributed by atoms with E-state index < -0.39 is 5.41 Å². The van der Waals surface area contributed by atoms with Crippen molar-refractivity contribution in [2.75, 3.05) is 20.3 Å². The van der Waals surface area contributed by atoms with Crippen molar-refractivity contribution in [1.29, 1.82) is 0 Å². The van der Waals surface area contributed by atoms with Gasteiger partial charge in [0.15, 0.2) is 0 Å². The van der Waals surface area contributed by atoms with Gasteiger partial charge >= 0.3 is 0 Å². The Hall–Kier alpha value is -2.11. The average Bonchev–Trinajstić information content (AvgIpc) is 2.99. The molecule has 1 aromatic carbocycles. The summed E-state index contributed by atoms with van der Waals surface area (Å²) in [6.45, 7) is 2.87. The molecule has 4 aliphatic rings. The van der Waals surface area contributed by atoms with Crippen LogP contribution in [-0.4, -0.2) is 47.2 Å². The third-order valence-corrected chi connectivity index (χ3v) is 7.48. The largest absolute Gasteiger partial charge is 0.497 e. The number of hydrogen-bond donors (Lipinski definition) is 1. The maximum Gasteiger partial charge on any atom is 0.130 e. The van der Waals surface area contributed by atoms with Gasteiger partial charge < -0.3 is 19.2 Å². The van der Waals surface area contributed by atoms with Crippen LogP contribution in [0.15, 0.2) is 29.8 Å². The highest BCUT2D eigenvalue weighted by molar-refractivity contribution is 5.87. The molecule has 0 saturated carbocycles. The molecule has 4 bridgehead atoms. The van der Waals surface area contributed by atoms with Crippen LogP contribution in [0.4, 0.5) is 0 Å². The maximum absolute atomic E-state index is 12.3. The second kappa shape index (κ2) is 5.69. The first-order valence-electron chi connectivity index (χ1n) is 9.72. The Morgan fingerprint density at radius 1 is 1.41 bits per heavy atom. The first kappa shape index (κ1) is 17.0. The monoisotopic (exact) mass is 366 g/mol. The van der Waals surface area contributed by atoms with Crippen molar-refractivity contribution in [3.05, 3.63) is 41.1 Å². The van der Waals surface area contributed by atoms with Crippen LogP contribution in [0.2, 0.25) is 0 Å². The summed E-state index contributed by atoms with van der Waals surface area (Å²) < 4.78 is 7.74. The number of aromatic nitrogens is 1. The van der Waals surface area contributed by atoms with E-state index in [9.17, 15) is 9.90 Å². The van der Waals surface area contributed by atoms with Crippen molar-refractivity contribution in [3.8, 4) is 5.75 Å². The molecule has 5 heterocycles. The highest BCUT2D eigenvalue weighted by Crippen LogP contribution is 2.58. The van der Waals surface area contributed by atoms with E-state index >= 15 is 0 Å². The molecule has 0 amide bonds. The summed E-state index contributed by atoms with van der Waals surface area (Å²) in [5.74, 6) is 0.991. The summed E-state index contributed by atoms with van der Waals surface area (Å²) in [5.41, 5.74) is 4.49. The van der Waals surface area contributed by atoms with Gasteiger partial charge in [-0.3, -0.25) is 4.90 Å². The predicted molar refractivity (Wildman–Crippen MR) is 104 cm³/mol. The van der Waals surface area contributed by atoms with Crippen molar-refractivity contribution in [1.82, 2.24) is 9.47 Å². The molecule has 3 saturated heterocycles. The van der Waals surface area contributed by atoms with Crippen LogP contribution in [0.25, 0.3) is 10.9 Å². The van der Waals surface area contributed by atoms with Gasteiger partial charge in [0.1, 0.15) is 12.0 Å². The minimum Gasteiger partial charge on any atom is -0.497 e. The zero-order valence-electron chi connectivity index (χ0n) is 16.1. The van der Waals surface area contributed by atoms with E-state index in [4.69, 9.17) is 4.74 Å². The topological polar surface area (TPSA) is 54.7 Å². The van der Waals surface area contributed by atoms with Crippen LogP contribution in [0.3, 0.4) is 0 Å². The Kier molecular flexibility index (Phi) is 3.59. The molecule has 6 rings (SSSR count). The summed E-state index contributed by atoms with van der Waals surface area (Å²) in [7, 11) is 3.83. The summed E-state index contributed by atoms with van der Waals surface area (Å²) >= 11 is 0. The molecule has 0 radical (unpaired) electrons. The smallest absolute Gasteiger partial charge is 0.130 e. The van der Waals surface area contributed by atoms with Crippen LogP contribution >= 0.6 is 0 Å². The van der Waals surface area contributed by atoms with Crippen molar-refractivity contribution in [2.45, 2.75) is 31.8 Å². The minimum atomic E-state index is -0.692. The van der Waals surface area contributed by atoms with E-state index in [0.29, 0.717) is 6.04 Å². The van der Waals surface area contributed by atoms with Crippen molar-refractivity contribution >= 4 is 17.2 Å². The number of methoxy groups -OCH3 is 1. The van der Waals surface area contributed by atoms with Gasteiger partial charge in [-0.15, -0.1) is 0 Å². The van der Waals surface area contributed by atoms with E-state index in [1.807, 2.05) is 13.0 Å². The Bertz CT molecular complexity index is 976. The number of nitrogens with zero attached hydrogens (tertiary/aromatic N) is 2. The van der Waals surface area contributed by atoms with Gasteiger partial charge in [0.05, 0.1) is 30.7 Å². The molecule has 1 N–H and O–H groups in total. The molecule has 2 aromatic rings. The molecule has 142 valence electrons. The molecule has 0 spiro atoms. The lowest BCUT2D eigenvalue weighted by Gasteiger charge is -2.62. The fourth-order valence-electron chi connectivity index (χ4n) is 6.13. The van der Waals surface area contributed by atoms with Gasteiger partial charge in [-0.25, -0.2) is 0 Å². The molecular formula is C22H26N2O3. The lowest BCUT2D eigenvalue weighted by molar-refractivity contribution is -0.147. The lowest BCUT2D eigenvalue weighted by atomic mass is 9.56. The summed E-state index contributed by atoms with van der Waals surface area (Å²) in [5, 5.41) is 11.6. The number of rotatable bonds is 3. The van der Waals surface area contributed by atoms with Crippen LogP contribution in [0.1, 0.15) is 30.6 Å². The number of hydrogen-bond acceptors (Lipinski definition) is 4. The fraction of sp³-hybridized carbons (Fsp3) is 0.500. The maximum atomic E-state index is 12.3. The van der Waals surface area contributed by atoms with Gasteiger partial charge in [-0.1, -0.05) is 11.6 Å². The predicted octanol–water partition coefficient (Wildman–Crippen LogP) is 2.61. The summed E-state index contributed by atoms with van der Waals surface area (Å²) in [6, 6.07) is 6.61. The van der Waals surface area contributed by atoms with Gasteiger partial charge in [-0.05, 0) is 43.4 Å². The Labute approximate surface area is 159 Å². The number of piperidine rings is 3. The van der Waals surface area contributed by atoms with Crippen molar-refractivity contribution < 1.29 is 14.6 Å². The number of aldehydes is 1. The number of aliphatic hydroxyl groups excluding tert-OH is 1. The van der Waals surface area contributed by atoms with E-state index in [0.717, 1.165) is 31.4 Å². The van der Waals surface area contributed by atoms with Gasteiger partial charge in [-0.2, -0.15) is 0 Å². The molecule has 3 fully saturated rings. The second-order valence-corrected chi connectivity index (χ2v) is 8.25. The number of benzene rings is 1. The number of ether oxygens (including phenoxy) is 1. The number of aliphatic hydroxyl groups is 1. The third kappa shape index (κ3) is 1.94. The Balaban J connectivity index is 1.74. The van der Waals surface area contributed by atoms with Gasteiger partial charge in [0.25, 0.3) is 0 Å². The molecule has 4 aliphatic heterocycles. The molecule has 5 nitrogen and oxygen atoms in total. The zero-order valence-corrected chi connectivity index (χ0v) is 16.1. The summed E-state index contributed by atoms with van der Waals surface area (Å²) in [4.78, 5) is 14.8. The van der Waals surface area contributed by atoms with Crippen LogP contribution in [0, 0.1) is 11.3 Å². The quantitative estimate of drug-likeness (QED) is 0.670. The van der Waals surface area contributed by atoms with Gasteiger partial charge in [0, 0.05) is 36.8 Å². The average molecular weight is 366 g/mol. The van der Waals surface area contributed by atoms with Crippen molar-refractivity contribution in [3.63, 3.8) is 0 Å². The molecule has 1 aromatic heterocycles. The zero-order chi connectivity index (χ0) is 18.9. The van der Waals surface area contributed by atoms with Crippen LogP contribution in [-0.2, 0) is 18.3 Å². The molecule has 5 heteroatoms. The van der Waals surface area contributed by atoms with Crippen molar-refractivity contribution in [2.24, 2.45) is 18.4 Å². The van der Waals surface area contributed by atoms with E-state index in [2.05, 4.69) is 34.7 Å². The second-order valence-electron chi connectivity index (χ2n) is 8.25. The standard InChI is InChI=1S/C22H26N2O3/c1-4-13-10-24-19-9-17(13)22(11-25,12-26)20(24)8-16-15-6-5-14(27-3)7-18(15)23(2)21(16)19/h4-7,11,17,19-20,26H,8-10,12H2,1-3H3/b13-4-/t17?,19-,20-,22?/m0/s1. The number of carbonyl (C=O) groups is 1. The first-order valence-corrected chi connectivity index (χ1v) is 9.72. The first-order chi connectivity index (χ1) is 13.1. The van der Waals surface area contributed by atoms with E-state index in [1.165, 1.54) is 27.7 Å². The van der Waals surface area contributed by atoms with Gasteiger partial charge in [0.2, 0.25) is 0 Å². The molecule has 3 unspecified atom stereocenters. The number of carbonyl (C=O) groups excluding carboxylic acids is 1. The lowest BCUT2D eigenvalue weighted by Crippen LogP contribution is -2.67. The molecule has 27 heavy (non-hydrogen) atoms. The Morgan fingerprint density at radius 2 is 2.22 bits per heavy atom. The minimum absolute atomic E-state index is 0.0626.